The zero-order chi connectivity index (χ0) is 20.7. The van der Waals surface area contributed by atoms with Gasteiger partial charge < -0.3 is 0 Å². The molecule has 4 heterocycles. The Morgan fingerprint density at radius 1 is 0.633 bits per heavy atom. The predicted octanol–water partition coefficient (Wildman–Crippen LogP) is 9.47. The summed E-state index contributed by atoms with van der Waals surface area (Å²) in [5.41, 5.74) is 7.85. The van der Waals surface area contributed by atoms with Crippen molar-refractivity contribution in [3.8, 4) is 20.2 Å². The van der Waals surface area contributed by atoms with Gasteiger partial charge in [-0.1, -0.05) is 39.8 Å². The number of hydrogen-bond donors (Lipinski definition) is 0. The Morgan fingerprint density at radius 2 is 1.37 bits per heavy atom. The number of thiophene rings is 4. The smallest absolute Gasteiger partial charge is 0.0508 e. The topological polar surface area (TPSA) is 0 Å². The van der Waals surface area contributed by atoms with E-state index in [4.69, 9.17) is 0 Å². The Morgan fingerprint density at radius 3 is 2.17 bits per heavy atom. The van der Waals surface area contributed by atoms with Crippen molar-refractivity contribution in [2.75, 3.05) is 0 Å². The SMILES string of the molecule is Cc1cc2c(s1)-c1ccc3c4c(sc3c1C2(C)C)-c1sc2cc(C)sc2c1C4(C)C. The number of hydrogen-bond acceptors (Lipinski definition) is 4. The molecule has 150 valence electrons. The van der Waals surface area contributed by atoms with E-state index < -0.39 is 0 Å². The molecule has 0 atom stereocenters. The van der Waals surface area contributed by atoms with E-state index >= 15 is 0 Å². The highest BCUT2D eigenvalue weighted by Crippen LogP contribution is 2.64. The van der Waals surface area contributed by atoms with Gasteiger partial charge in [0.25, 0.3) is 0 Å². The third-order valence-electron chi connectivity index (χ3n) is 7.20. The van der Waals surface area contributed by atoms with Crippen molar-refractivity contribution >= 4 is 64.8 Å². The van der Waals surface area contributed by atoms with Crippen LogP contribution in [0.1, 0.15) is 59.7 Å². The van der Waals surface area contributed by atoms with Crippen molar-refractivity contribution in [1.29, 1.82) is 0 Å². The van der Waals surface area contributed by atoms with Gasteiger partial charge in [0.15, 0.2) is 0 Å². The Labute approximate surface area is 192 Å². The molecule has 0 radical (unpaired) electrons. The molecule has 4 aromatic heterocycles. The van der Waals surface area contributed by atoms with E-state index in [1.165, 1.54) is 55.0 Å². The minimum absolute atomic E-state index is 0.0663. The molecular weight excluding hydrogens is 441 g/mol. The minimum Gasteiger partial charge on any atom is -0.140 e. The van der Waals surface area contributed by atoms with Crippen molar-refractivity contribution in [1.82, 2.24) is 0 Å². The highest BCUT2D eigenvalue weighted by atomic mass is 32.1. The Kier molecular flexibility index (Phi) is 3.20. The number of benzene rings is 1. The maximum Gasteiger partial charge on any atom is 0.0508 e. The monoisotopic (exact) mass is 462 g/mol. The minimum atomic E-state index is 0.0663. The molecular formula is C26H22S4. The number of aryl methyl sites for hydroxylation is 2. The largest absolute Gasteiger partial charge is 0.140 e. The van der Waals surface area contributed by atoms with Gasteiger partial charge in [0, 0.05) is 39.7 Å². The molecule has 0 saturated heterocycles. The molecule has 0 saturated carbocycles. The molecule has 0 N–H and O–H groups in total. The number of rotatable bonds is 0. The van der Waals surface area contributed by atoms with Crippen LogP contribution in [0.3, 0.4) is 0 Å². The van der Waals surface area contributed by atoms with Crippen molar-refractivity contribution < 1.29 is 0 Å². The molecule has 2 aliphatic carbocycles. The Bertz CT molecular complexity index is 1560. The summed E-state index contributed by atoms with van der Waals surface area (Å²) in [5.74, 6) is 0. The first-order valence-electron chi connectivity index (χ1n) is 10.4. The maximum absolute atomic E-state index is 2.45. The molecule has 0 nitrogen and oxygen atoms in total. The van der Waals surface area contributed by atoms with Crippen molar-refractivity contribution in [2.24, 2.45) is 0 Å². The normalized spacial score (nSPS) is 17.5. The van der Waals surface area contributed by atoms with Crippen LogP contribution in [0.2, 0.25) is 0 Å². The molecule has 0 fully saturated rings. The molecule has 0 amide bonds. The lowest BCUT2D eigenvalue weighted by Crippen LogP contribution is -2.16. The molecule has 1 aromatic carbocycles. The third kappa shape index (κ3) is 1.90. The second-order valence-corrected chi connectivity index (χ2v) is 14.5. The maximum atomic E-state index is 2.45. The fraction of sp³-hybridized carbons (Fsp3) is 0.308. The van der Waals surface area contributed by atoms with Crippen LogP contribution in [0.5, 0.6) is 0 Å². The lowest BCUT2D eigenvalue weighted by Gasteiger charge is -2.23. The molecule has 30 heavy (non-hydrogen) atoms. The quantitative estimate of drug-likeness (QED) is 0.215. The van der Waals surface area contributed by atoms with Gasteiger partial charge >= 0.3 is 0 Å². The van der Waals surface area contributed by atoms with Gasteiger partial charge in [-0.2, -0.15) is 0 Å². The summed E-state index contributed by atoms with van der Waals surface area (Å²) < 4.78 is 4.52. The second kappa shape index (κ2) is 5.29. The van der Waals surface area contributed by atoms with Crippen molar-refractivity contribution in [3.05, 3.63) is 56.3 Å². The summed E-state index contributed by atoms with van der Waals surface area (Å²) in [4.78, 5) is 7.41. The van der Waals surface area contributed by atoms with Gasteiger partial charge in [0.05, 0.1) is 9.58 Å². The van der Waals surface area contributed by atoms with Crippen LogP contribution in [0, 0.1) is 13.8 Å². The van der Waals surface area contributed by atoms with Gasteiger partial charge in [0.2, 0.25) is 0 Å². The molecule has 0 unspecified atom stereocenters. The van der Waals surface area contributed by atoms with Crippen LogP contribution in [-0.2, 0) is 10.8 Å². The van der Waals surface area contributed by atoms with Crippen molar-refractivity contribution in [3.63, 3.8) is 0 Å². The molecule has 0 aliphatic heterocycles. The highest BCUT2D eigenvalue weighted by molar-refractivity contribution is 7.33. The predicted molar refractivity (Wildman–Crippen MR) is 138 cm³/mol. The van der Waals surface area contributed by atoms with Crippen LogP contribution in [0.25, 0.3) is 39.7 Å². The summed E-state index contributed by atoms with van der Waals surface area (Å²) in [6.45, 7) is 14.2. The lowest BCUT2D eigenvalue weighted by molar-refractivity contribution is 0.666. The first kappa shape index (κ1) is 18.1. The van der Waals surface area contributed by atoms with E-state index in [1.54, 1.807) is 16.7 Å². The summed E-state index contributed by atoms with van der Waals surface area (Å²) >= 11 is 8.01. The van der Waals surface area contributed by atoms with Crippen LogP contribution in [-0.4, -0.2) is 0 Å². The van der Waals surface area contributed by atoms with Crippen LogP contribution >= 0.6 is 45.3 Å². The Balaban J connectivity index is 1.59. The fourth-order valence-electron chi connectivity index (χ4n) is 5.92. The summed E-state index contributed by atoms with van der Waals surface area (Å²) in [6.07, 6.45) is 0. The average Bonchev–Trinajstić information content (AvgIpc) is 3.42. The van der Waals surface area contributed by atoms with Crippen molar-refractivity contribution in [2.45, 2.75) is 52.4 Å². The zero-order valence-electron chi connectivity index (χ0n) is 17.9. The molecule has 2 aliphatic rings. The van der Waals surface area contributed by atoms with E-state index in [2.05, 4.69) is 77.1 Å². The standard InChI is InChI=1S/C26H22S4/c1-11-9-15-20(27-11)13-7-8-14-18-23(30-21(14)17(13)25(15,3)4)24-19(26(18,5)6)22-16(29-24)10-12(2)28-22/h7-10H,1-6H3. The van der Waals surface area contributed by atoms with E-state index in [-0.39, 0.29) is 10.8 Å². The Hall–Kier alpha value is -1.46. The molecule has 0 bridgehead atoms. The molecule has 7 rings (SSSR count). The highest BCUT2D eigenvalue weighted by Gasteiger charge is 2.45. The fourth-order valence-corrected chi connectivity index (χ4v) is 11.8. The molecule has 4 heteroatoms. The summed E-state index contributed by atoms with van der Waals surface area (Å²) in [7, 11) is 0. The van der Waals surface area contributed by atoms with E-state index in [0.29, 0.717) is 0 Å². The summed E-state index contributed by atoms with van der Waals surface area (Å²) in [6, 6.07) is 9.65. The van der Waals surface area contributed by atoms with Gasteiger partial charge in [-0.25, -0.2) is 0 Å². The third-order valence-corrected chi connectivity index (χ3v) is 12.0. The second-order valence-electron chi connectivity index (χ2n) is 9.88. The van der Waals surface area contributed by atoms with E-state index in [0.717, 1.165) is 0 Å². The van der Waals surface area contributed by atoms with E-state index in [1.807, 2.05) is 34.0 Å². The molecule has 0 spiro atoms. The first-order valence-corrected chi connectivity index (χ1v) is 13.7. The van der Waals surface area contributed by atoms with Crippen LogP contribution in [0.15, 0.2) is 24.3 Å². The van der Waals surface area contributed by atoms with Crippen LogP contribution < -0.4 is 0 Å². The average molecular weight is 463 g/mol. The first-order chi connectivity index (χ1) is 14.2. The van der Waals surface area contributed by atoms with E-state index in [9.17, 15) is 0 Å². The summed E-state index contributed by atoms with van der Waals surface area (Å²) in [5, 5.41) is 1.49. The van der Waals surface area contributed by atoms with Gasteiger partial charge in [-0.05, 0) is 59.2 Å². The number of fused-ring (bicyclic) bond motifs is 11. The van der Waals surface area contributed by atoms with Gasteiger partial charge in [0.1, 0.15) is 0 Å². The lowest BCUT2D eigenvalue weighted by atomic mass is 9.79. The van der Waals surface area contributed by atoms with Crippen LogP contribution in [0.4, 0.5) is 0 Å². The zero-order valence-corrected chi connectivity index (χ0v) is 21.2. The van der Waals surface area contributed by atoms with Gasteiger partial charge in [-0.3, -0.25) is 0 Å². The molecule has 5 aromatic rings. The van der Waals surface area contributed by atoms with Gasteiger partial charge in [-0.15, -0.1) is 45.3 Å².